The summed E-state index contributed by atoms with van der Waals surface area (Å²) in [5, 5.41) is 4.80. The minimum absolute atomic E-state index is 0.827. The van der Waals surface area contributed by atoms with E-state index in [1.54, 1.807) is 6.33 Å². The average molecular weight is 755 g/mol. The third-order valence-electron chi connectivity index (χ3n) is 11.5. The molecule has 0 bridgehead atoms. The van der Waals surface area contributed by atoms with Gasteiger partial charge in [-0.1, -0.05) is 109 Å². The minimum Gasteiger partial charge on any atom is -0.309 e. The lowest BCUT2D eigenvalue weighted by Gasteiger charge is -2.15. The van der Waals surface area contributed by atoms with Gasteiger partial charge in [0.25, 0.3) is 0 Å². The highest BCUT2D eigenvalue weighted by molar-refractivity contribution is 6.11. The first kappa shape index (κ1) is 33.1. The van der Waals surface area contributed by atoms with Crippen LogP contribution in [0.15, 0.2) is 207 Å². The van der Waals surface area contributed by atoms with Gasteiger partial charge in [-0.05, 0) is 91.0 Å². The molecule has 12 aromatic rings. The quantitative estimate of drug-likeness (QED) is 0.170. The van der Waals surface area contributed by atoms with Gasteiger partial charge in [0, 0.05) is 55.3 Å². The molecule has 276 valence electrons. The fraction of sp³-hybridized carbons (Fsp3) is 0. The molecule has 6 heteroatoms. The smallest absolute Gasteiger partial charge is 0.145 e. The van der Waals surface area contributed by atoms with Crippen LogP contribution in [0, 0.1) is 0 Å². The maximum atomic E-state index is 5.30. The van der Waals surface area contributed by atoms with Crippen LogP contribution in [0.5, 0.6) is 0 Å². The van der Waals surface area contributed by atoms with Crippen molar-refractivity contribution in [2.75, 3.05) is 0 Å². The third-order valence-corrected chi connectivity index (χ3v) is 11.5. The molecule has 0 fully saturated rings. The first-order valence-corrected chi connectivity index (χ1v) is 19.9. The molecule has 4 heterocycles. The molecule has 0 radical (unpaired) electrons. The summed E-state index contributed by atoms with van der Waals surface area (Å²) in [6.45, 7) is 0. The molecule has 0 atom stereocenters. The highest BCUT2D eigenvalue weighted by Crippen LogP contribution is 2.39. The van der Waals surface area contributed by atoms with E-state index >= 15 is 0 Å². The number of hydrogen-bond acceptors (Lipinski definition) is 3. The number of nitrogens with zero attached hydrogens (tertiary/aromatic N) is 6. The molecule has 12 rings (SSSR count). The summed E-state index contributed by atoms with van der Waals surface area (Å²) in [4.78, 5) is 15.1. The van der Waals surface area contributed by atoms with Gasteiger partial charge >= 0.3 is 0 Å². The summed E-state index contributed by atoms with van der Waals surface area (Å²) in [6, 6.07) is 70.8. The van der Waals surface area contributed by atoms with Crippen molar-refractivity contribution in [3.05, 3.63) is 207 Å². The zero-order valence-corrected chi connectivity index (χ0v) is 31.8. The maximum absolute atomic E-state index is 5.30. The van der Waals surface area contributed by atoms with Crippen LogP contribution in [0.1, 0.15) is 0 Å². The van der Waals surface area contributed by atoms with Gasteiger partial charge < -0.3 is 9.13 Å². The minimum atomic E-state index is 0.827. The van der Waals surface area contributed by atoms with Crippen LogP contribution < -0.4 is 0 Å². The van der Waals surface area contributed by atoms with E-state index in [1.165, 1.54) is 27.1 Å². The van der Waals surface area contributed by atoms with Crippen molar-refractivity contribution in [1.29, 1.82) is 0 Å². The molecule has 59 heavy (non-hydrogen) atoms. The summed E-state index contributed by atoms with van der Waals surface area (Å²) in [6.07, 6.45) is 1.69. The van der Waals surface area contributed by atoms with Crippen LogP contribution in [-0.2, 0) is 0 Å². The van der Waals surface area contributed by atoms with Crippen LogP contribution in [0.2, 0.25) is 0 Å². The van der Waals surface area contributed by atoms with Crippen LogP contribution in [-0.4, -0.2) is 28.7 Å². The second-order valence-corrected chi connectivity index (χ2v) is 14.9. The summed E-state index contributed by atoms with van der Waals surface area (Å²) < 4.78 is 6.96. The Kier molecular flexibility index (Phi) is 7.43. The molecule has 6 nitrogen and oxygen atoms in total. The lowest BCUT2D eigenvalue weighted by molar-refractivity contribution is 1.10. The van der Waals surface area contributed by atoms with Crippen molar-refractivity contribution in [3.8, 4) is 51.0 Å². The van der Waals surface area contributed by atoms with E-state index in [9.17, 15) is 0 Å². The Morgan fingerprint density at radius 3 is 1.46 bits per heavy atom. The van der Waals surface area contributed by atoms with Crippen molar-refractivity contribution < 1.29 is 0 Å². The predicted molar refractivity (Wildman–Crippen MR) is 242 cm³/mol. The van der Waals surface area contributed by atoms with E-state index in [0.717, 1.165) is 78.5 Å². The van der Waals surface area contributed by atoms with Gasteiger partial charge in [-0.2, -0.15) is 0 Å². The average Bonchev–Trinajstić information content (AvgIpc) is 3.98. The predicted octanol–water partition coefficient (Wildman–Crippen LogP) is 13.0. The lowest BCUT2D eigenvalue weighted by Crippen LogP contribution is -2.00. The largest absolute Gasteiger partial charge is 0.309 e. The Balaban J connectivity index is 1.08. The monoisotopic (exact) mass is 754 g/mol. The Labute approximate surface area is 339 Å². The molecule has 0 amide bonds. The molecule has 0 aliphatic heterocycles. The fourth-order valence-electron chi connectivity index (χ4n) is 8.94. The lowest BCUT2D eigenvalue weighted by atomic mass is 10.0. The summed E-state index contributed by atoms with van der Waals surface area (Å²) in [5.74, 6) is 0.857. The van der Waals surface area contributed by atoms with Crippen LogP contribution in [0.25, 0.3) is 106 Å². The van der Waals surface area contributed by atoms with Crippen molar-refractivity contribution in [2.24, 2.45) is 0 Å². The Hall–Kier alpha value is -8.09. The van der Waals surface area contributed by atoms with Crippen molar-refractivity contribution in [1.82, 2.24) is 28.7 Å². The number of aromatic nitrogens is 6. The molecule has 8 aromatic carbocycles. The van der Waals surface area contributed by atoms with Crippen LogP contribution in [0.4, 0.5) is 0 Å². The summed E-state index contributed by atoms with van der Waals surface area (Å²) >= 11 is 0. The van der Waals surface area contributed by atoms with Crippen molar-refractivity contribution in [3.63, 3.8) is 0 Å². The Morgan fingerprint density at radius 2 is 0.797 bits per heavy atom. The number of rotatable bonds is 6. The zero-order valence-electron chi connectivity index (χ0n) is 31.8. The summed E-state index contributed by atoms with van der Waals surface area (Å²) in [5.41, 5.74) is 14.5. The van der Waals surface area contributed by atoms with Gasteiger partial charge in [0.05, 0.1) is 44.5 Å². The van der Waals surface area contributed by atoms with E-state index in [1.807, 2.05) is 6.07 Å². The molecule has 4 aromatic heterocycles. The maximum Gasteiger partial charge on any atom is 0.145 e. The first-order chi connectivity index (χ1) is 29.3. The number of fused-ring (bicyclic) bond motifs is 7. The number of hydrogen-bond donors (Lipinski definition) is 0. The zero-order chi connectivity index (χ0) is 38.9. The molecule has 0 unspecified atom stereocenters. The Morgan fingerprint density at radius 1 is 0.305 bits per heavy atom. The van der Waals surface area contributed by atoms with Gasteiger partial charge in [0.15, 0.2) is 0 Å². The SMILES string of the molecule is c1ccc(-n2c(-c3cc(-c4cc(-c5ccc6c(c5)c5ccccc5n6-c5ccccc5)ncn4)cc(-n4c5ccccc5c5ccccc54)c3)nc3ccccc32)cc1. The molecule has 0 N–H and O–H groups in total. The molecule has 0 aliphatic rings. The highest BCUT2D eigenvalue weighted by atomic mass is 15.1. The molecule has 0 saturated carbocycles. The Bertz CT molecular complexity index is 3500. The van der Waals surface area contributed by atoms with Gasteiger partial charge in [0.2, 0.25) is 0 Å². The second kappa shape index (κ2) is 13.3. The number of imidazole rings is 1. The second-order valence-electron chi connectivity index (χ2n) is 14.9. The van der Waals surface area contributed by atoms with E-state index in [4.69, 9.17) is 15.0 Å². The topological polar surface area (TPSA) is 53.5 Å². The van der Waals surface area contributed by atoms with E-state index in [-0.39, 0.29) is 0 Å². The normalized spacial score (nSPS) is 11.7. The number of para-hydroxylation sites is 7. The van der Waals surface area contributed by atoms with Gasteiger partial charge in [-0.25, -0.2) is 15.0 Å². The van der Waals surface area contributed by atoms with E-state index in [0.29, 0.717) is 0 Å². The fourth-order valence-corrected chi connectivity index (χ4v) is 8.94. The number of benzene rings is 8. The first-order valence-electron chi connectivity index (χ1n) is 19.9. The van der Waals surface area contributed by atoms with Crippen LogP contribution >= 0.6 is 0 Å². The molecule has 0 saturated heterocycles. The van der Waals surface area contributed by atoms with E-state index < -0.39 is 0 Å². The van der Waals surface area contributed by atoms with Gasteiger partial charge in [-0.15, -0.1) is 0 Å². The molecular weight excluding hydrogens is 721 g/mol. The summed E-state index contributed by atoms with van der Waals surface area (Å²) in [7, 11) is 0. The third kappa shape index (κ3) is 5.31. The van der Waals surface area contributed by atoms with Crippen molar-refractivity contribution in [2.45, 2.75) is 0 Å². The highest BCUT2D eigenvalue weighted by Gasteiger charge is 2.20. The molecule has 0 aliphatic carbocycles. The van der Waals surface area contributed by atoms with Crippen LogP contribution in [0.3, 0.4) is 0 Å². The molecular formula is C53H34N6. The van der Waals surface area contributed by atoms with E-state index in [2.05, 4.69) is 208 Å². The van der Waals surface area contributed by atoms with Gasteiger partial charge in [-0.3, -0.25) is 4.57 Å². The van der Waals surface area contributed by atoms with Crippen molar-refractivity contribution >= 4 is 54.6 Å². The van der Waals surface area contributed by atoms with Gasteiger partial charge in [0.1, 0.15) is 12.2 Å². The standard InChI is InChI=1S/C53H34N6/c1-3-15-38(16-4-1)57-50-25-13-9-21-43(50)44-32-35(27-28-51(44)57)46-33-47(55-34-54-46)36-29-37(53-56-45-22-10-14-26-52(45)59(53)39-17-5-2-6-18-39)31-40(30-36)58-48-23-11-7-19-41(48)42-20-8-12-24-49(42)58/h1-34H. The molecule has 0 spiro atoms.